The van der Waals surface area contributed by atoms with Gasteiger partial charge in [-0.15, -0.1) is 0 Å². The summed E-state index contributed by atoms with van der Waals surface area (Å²) < 4.78 is 32.1. The van der Waals surface area contributed by atoms with Crippen LogP contribution in [0.25, 0.3) is 0 Å². The number of amides is 1. The number of hydrogen-bond donors (Lipinski definition) is 1. The van der Waals surface area contributed by atoms with Crippen LogP contribution in [0, 0.1) is 6.92 Å². The number of likely N-dealkylation sites (N-methyl/N-ethyl adjacent to an activating group) is 1. The lowest BCUT2D eigenvalue weighted by atomic mass is 10.2. The highest BCUT2D eigenvalue weighted by Crippen LogP contribution is 2.25. The van der Waals surface area contributed by atoms with Crippen molar-refractivity contribution in [3.05, 3.63) is 54.1 Å². The molecule has 0 radical (unpaired) electrons. The van der Waals surface area contributed by atoms with E-state index in [0.717, 1.165) is 9.87 Å². The van der Waals surface area contributed by atoms with E-state index in [9.17, 15) is 13.2 Å². The van der Waals surface area contributed by atoms with Gasteiger partial charge < -0.3 is 10.1 Å². The zero-order valence-corrected chi connectivity index (χ0v) is 14.6. The van der Waals surface area contributed by atoms with Gasteiger partial charge in [0.05, 0.1) is 17.7 Å². The number of benzene rings is 2. The van der Waals surface area contributed by atoms with Gasteiger partial charge in [0.25, 0.3) is 10.0 Å². The lowest BCUT2D eigenvalue weighted by molar-refractivity contribution is -0.119. The van der Waals surface area contributed by atoms with Gasteiger partial charge in [-0.1, -0.05) is 17.7 Å². The van der Waals surface area contributed by atoms with Crippen molar-refractivity contribution in [1.29, 1.82) is 0 Å². The minimum absolute atomic E-state index is 0.132. The smallest absolute Gasteiger partial charge is 0.264 e. The van der Waals surface area contributed by atoms with Gasteiger partial charge in [0.1, 0.15) is 12.3 Å². The van der Waals surface area contributed by atoms with Crippen LogP contribution in [0.5, 0.6) is 5.75 Å². The number of sulfonamides is 1. The van der Waals surface area contributed by atoms with E-state index in [1.165, 1.54) is 26.3 Å². The molecule has 0 aliphatic carbocycles. The highest BCUT2D eigenvalue weighted by Gasteiger charge is 2.26. The summed E-state index contributed by atoms with van der Waals surface area (Å²) in [5, 5.41) is 2.45. The molecule has 0 atom stereocenters. The number of nitrogens with zero attached hydrogens (tertiary/aromatic N) is 1. The van der Waals surface area contributed by atoms with Crippen molar-refractivity contribution in [2.75, 3.05) is 25.0 Å². The van der Waals surface area contributed by atoms with Crippen LogP contribution in [0.4, 0.5) is 5.69 Å². The van der Waals surface area contributed by atoms with Gasteiger partial charge in [0.2, 0.25) is 5.91 Å². The Labute approximate surface area is 142 Å². The molecule has 1 amide bonds. The number of anilines is 1. The fourth-order valence-corrected chi connectivity index (χ4v) is 3.53. The Kier molecular flexibility index (Phi) is 5.46. The van der Waals surface area contributed by atoms with Crippen molar-refractivity contribution >= 4 is 21.6 Å². The first kappa shape index (κ1) is 17.8. The second-order valence-corrected chi connectivity index (χ2v) is 7.06. The lowest BCUT2D eigenvalue weighted by Gasteiger charge is -2.24. The second kappa shape index (κ2) is 7.35. The first-order valence-corrected chi connectivity index (χ1v) is 8.76. The van der Waals surface area contributed by atoms with Gasteiger partial charge >= 0.3 is 0 Å². The van der Waals surface area contributed by atoms with Crippen molar-refractivity contribution in [3.8, 4) is 5.75 Å². The Balaban J connectivity index is 2.47. The van der Waals surface area contributed by atoms with E-state index in [1.54, 1.807) is 36.4 Å². The van der Waals surface area contributed by atoms with Crippen molar-refractivity contribution in [2.24, 2.45) is 0 Å². The predicted molar refractivity (Wildman–Crippen MR) is 92.8 cm³/mol. The molecular weight excluding hydrogens is 328 g/mol. The van der Waals surface area contributed by atoms with Crippen molar-refractivity contribution in [3.63, 3.8) is 0 Å². The normalized spacial score (nSPS) is 11.0. The Morgan fingerprint density at radius 3 is 2.17 bits per heavy atom. The van der Waals surface area contributed by atoms with Crippen molar-refractivity contribution in [2.45, 2.75) is 11.8 Å². The van der Waals surface area contributed by atoms with E-state index in [1.807, 2.05) is 6.92 Å². The lowest BCUT2D eigenvalue weighted by Crippen LogP contribution is -2.39. The summed E-state index contributed by atoms with van der Waals surface area (Å²) in [6, 6.07) is 13.0. The summed E-state index contributed by atoms with van der Waals surface area (Å²) >= 11 is 0. The molecule has 0 spiro atoms. The summed E-state index contributed by atoms with van der Waals surface area (Å²) in [6.07, 6.45) is 0. The average molecular weight is 348 g/mol. The average Bonchev–Trinajstić information content (AvgIpc) is 2.59. The molecule has 2 rings (SSSR count). The Hall–Kier alpha value is -2.54. The fourth-order valence-electron chi connectivity index (χ4n) is 2.11. The van der Waals surface area contributed by atoms with Gasteiger partial charge in [-0.2, -0.15) is 0 Å². The molecule has 2 aromatic rings. The molecule has 2 aromatic carbocycles. The van der Waals surface area contributed by atoms with Gasteiger partial charge in [-0.3, -0.25) is 9.10 Å². The third-order valence-electron chi connectivity index (χ3n) is 3.54. The molecule has 0 bridgehead atoms. The first-order chi connectivity index (χ1) is 11.4. The molecule has 0 aliphatic heterocycles. The zero-order chi connectivity index (χ0) is 17.7. The van der Waals surface area contributed by atoms with E-state index >= 15 is 0 Å². The maximum atomic E-state index is 13.0. The van der Waals surface area contributed by atoms with Gasteiger partial charge in [0, 0.05) is 7.05 Å². The van der Waals surface area contributed by atoms with Crippen LogP contribution < -0.4 is 14.4 Å². The third-order valence-corrected chi connectivity index (χ3v) is 5.32. The van der Waals surface area contributed by atoms with Crippen LogP contribution >= 0.6 is 0 Å². The molecule has 0 saturated heterocycles. The predicted octanol–water partition coefficient (Wildman–Crippen LogP) is 1.94. The molecule has 128 valence electrons. The molecular formula is C17H20N2O4S. The molecule has 0 unspecified atom stereocenters. The largest absolute Gasteiger partial charge is 0.497 e. The van der Waals surface area contributed by atoms with Crippen molar-refractivity contribution in [1.82, 2.24) is 5.32 Å². The minimum Gasteiger partial charge on any atom is -0.497 e. The van der Waals surface area contributed by atoms with E-state index in [2.05, 4.69) is 5.32 Å². The van der Waals surface area contributed by atoms with Crippen LogP contribution in [0.1, 0.15) is 5.56 Å². The summed E-state index contributed by atoms with van der Waals surface area (Å²) in [4.78, 5) is 11.9. The quantitative estimate of drug-likeness (QED) is 0.866. The van der Waals surface area contributed by atoms with E-state index in [0.29, 0.717) is 11.4 Å². The molecule has 24 heavy (non-hydrogen) atoms. The maximum absolute atomic E-state index is 13.0. The third kappa shape index (κ3) is 3.86. The number of hydrogen-bond acceptors (Lipinski definition) is 4. The monoisotopic (exact) mass is 348 g/mol. The van der Waals surface area contributed by atoms with Gasteiger partial charge in [-0.05, 0) is 43.3 Å². The number of rotatable bonds is 6. The molecule has 0 fully saturated rings. The molecule has 0 aromatic heterocycles. The number of methoxy groups -OCH3 is 1. The Bertz CT molecular complexity index is 799. The summed E-state index contributed by atoms with van der Waals surface area (Å²) in [7, 11) is -0.870. The zero-order valence-electron chi connectivity index (χ0n) is 13.8. The molecule has 1 N–H and O–H groups in total. The number of carbonyl (C=O) groups is 1. The summed E-state index contributed by atoms with van der Waals surface area (Å²) in [5.74, 6) is 0.202. The van der Waals surface area contributed by atoms with E-state index in [-0.39, 0.29) is 11.4 Å². The summed E-state index contributed by atoms with van der Waals surface area (Å²) in [6.45, 7) is 1.57. The van der Waals surface area contributed by atoms with Crippen LogP contribution in [-0.2, 0) is 14.8 Å². The standard InChI is InChI=1S/C17H20N2O4S/c1-13-4-10-16(11-5-13)24(21,22)19(12-17(20)18-2)14-6-8-15(23-3)9-7-14/h4-11H,12H2,1-3H3,(H,18,20). The Morgan fingerprint density at radius 1 is 1.08 bits per heavy atom. The molecule has 0 heterocycles. The van der Waals surface area contributed by atoms with Crippen LogP contribution in [0.15, 0.2) is 53.4 Å². The van der Waals surface area contributed by atoms with Crippen LogP contribution in [-0.4, -0.2) is 35.0 Å². The topological polar surface area (TPSA) is 75.7 Å². The molecule has 7 heteroatoms. The highest BCUT2D eigenvalue weighted by atomic mass is 32.2. The molecule has 0 aliphatic rings. The van der Waals surface area contributed by atoms with E-state index in [4.69, 9.17) is 4.74 Å². The highest BCUT2D eigenvalue weighted by molar-refractivity contribution is 7.92. The van der Waals surface area contributed by atoms with Crippen LogP contribution in [0.3, 0.4) is 0 Å². The second-order valence-electron chi connectivity index (χ2n) is 5.20. The minimum atomic E-state index is -3.86. The molecule has 6 nitrogen and oxygen atoms in total. The Morgan fingerprint density at radius 2 is 1.67 bits per heavy atom. The maximum Gasteiger partial charge on any atom is 0.264 e. The van der Waals surface area contributed by atoms with E-state index < -0.39 is 15.9 Å². The fraction of sp³-hybridized carbons (Fsp3) is 0.235. The molecule has 0 saturated carbocycles. The number of ether oxygens (including phenoxy) is 1. The SMILES string of the molecule is CNC(=O)CN(c1ccc(OC)cc1)S(=O)(=O)c1ccc(C)cc1. The van der Waals surface area contributed by atoms with Crippen molar-refractivity contribution < 1.29 is 17.9 Å². The first-order valence-electron chi connectivity index (χ1n) is 7.32. The van der Waals surface area contributed by atoms with Gasteiger partial charge in [-0.25, -0.2) is 8.42 Å². The number of nitrogens with one attached hydrogen (secondary N) is 1. The van der Waals surface area contributed by atoms with Crippen LogP contribution in [0.2, 0.25) is 0 Å². The number of carbonyl (C=O) groups excluding carboxylic acids is 1. The van der Waals surface area contributed by atoms with Gasteiger partial charge in [0.15, 0.2) is 0 Å². The summed E-state index contributed by atoms with van der Waals surface area (Å²) in [5.41, 5.74) is 1.34. The number of aryl methyl sites for hydroxylation is 1.